The molecule has 0 unspecified atom stereocenters. The summed E-state index contributed by atoms with van der Waals surface area (Å²) in [5.74, 6) is 0. The van der Waals surface area contributed by atoms with E-state index < -0.39 is 0 Å². The molecule has 0 fully saturated rings. The highest BCUT2D eigenvalue weighted by Gasteiger charge is 2.48. The highest BCUT2D eigenvalue weighted by Crippen LogP contribution is 2.59. The lowest BCUT2D eigenvalue weighted by Crippen LogP contribution is -2.29. The van der Waals surface area contributed by atoms with Gasteiger partial charge in [-0.15, -0.1) is 0 Å². The normalized spacial score (nSPS) is 12.3. The summed E-state index contributed by atoms with van der Waals surface area (Å²) in [4.78, 5) is 0. The van der Waals surface area contributed by atoms with E-state index in [0.29, 0.717) is 0 Å². The molecule has 0 N–H and O–H groups in total. The maximum Gasteiger partial charge on any atom is 0.0716 e. The van der Waals surface area contributed by atoms with Gasteiger partial charge in [-0.3, -0.25) is 0 Å². The third-order valence-corrected chi connectivity index (χ3v) is 28.6. The van der Waals surface area contributed by atoms with Gasteiger partial charge < -0.3 is 18.3 Å². The number of benzene rings is 20. The number of para-hydroxylation sites is 5. The summed E-state index contributed by atoms with van der Waals surface area (Å²) in [6.07, 6.45) is 0. The first-order valence-corrected chi connectivity index (χ1v) is 48.4. The smallest absolute Gasteiger partial charge is 0.0716 e. The topological polar surface area (TPSA) is 19.7 Å². The highest BCUT2D eigenvalue weighted by atomic mass is 15.0. The van der Waals surface area contributed by atoms with E-state index in [4.69, 9.17) is 0 Å². The molecule has 4 heterocycles. The number of nitrogens with zero attached hydrogens (tertiary/aromatic N) is 4. The molecular weight excluding hydrogens is 1670 g/mol. The third-order valence-electron chi connectivity index (χ3n) is 28.6. The Morgan fingerprint density at radius 3 is 0.913 bits per heavy atom. The molecule has 668 valence electrons. The van der Waals surface area contributed by atoms with Crippen LogP contribution in [0.1, 0.15) is 111 Å². The van der Waals surface area contributed by atoms with Crippen LogP contribution in [0.2, 0.25) is 0 Å². The minimum atomic E-state index is -0.273. The first kappa shape index (κ1) is 88.2. The average molecular weight is 1780 g/mol. The van der Waals surface area contributed by atoms with E-state index in [1.54, 1.807) is 0 Å². The summed E-state index contributed by atoms with van der Waals surface area (Å²) >= 11 is 0. The Balaban J connectivity index is 0.0000000990. The van der Waals surface area contributed by atoms with Crippen LogP contribution in [-0.2, 0) is 10.8 Å². The lowest BCUT2D eigenvalue weighted by atomic mass is 9.66. The van der Waals surface area contributed by atoms with Gasteiger partial charge in [0.05, 0.1) is 55.0 Å². The van der Waals surface area contributed by atoms with Gasteiger partial charge in [0, 0.05) is 65.8 Å². The zero-order valence-electron chi connectivity index (χ0n) is 80.7. The quantitative estimate of drug-likeness (QED) is 0.144. The Bertz CT molecular complexity index is 8290. The van der Waals surface area contributed by atoms with Crippen LogP contribution in [0, 0.1) is 83.1 Å². The molecule has 20 aromatic carbocycles. The first-order valence-electron chi connectivity index (χ1n) is 48.4. The van der Waals surface area contributed by atoms with E-state index in [1.165, 1.54) is 243 Å². The van der Waals surface area contributed by atoms with Crippen molar-refractivity contribution in [2.24, 2.45) is 0 Å². The summed E-state index contributed by atoms with van der Waals surface area (Å²) in [6.45, 7) is 26.2. The second-order valence-electron chi connectivity index (χ2n) is 37.7. The molecule has 4 aromatic heterocycles. The van der Waals surface area contributed by atoms with E-state index >= 15 is 0 Å². The van der Waals surface area contributed by atoms with E-state index in [2.05, 4.69) is 562 Å². The molecule has 0 amide bonds. The first-order chi connectivity index (χ1) is 67.5. The molecular formula is C134H112N4. The predicted molar refractivity (Wildman–Crippen MR) is 587 cm³/mol. The highest BCUT2D eigenvalue weighted by molar-refractivity contribution is 6.15. The van der Waals surface area contributed by atoms with Gasteiger partial charge in [0.25, 0.3) is 0 Å². The van der Waals surface area contributed by atoms with Crippen LogP contribution in [0.15, 0.2) is 461 Å². The fourth-order valence-electron chi connectivity index (χ4n) is 22.4. The Morgan fingerprint density at radius 1 is 0.167 bits per heavy atom. The van der Waals surface area contributed by atoms with Gasteiger partial charge in [-0.2, -0.15) is 0 Å². The molecule has 0 saturated carbocycles. The summed E-state index contributed by atoms with van der Waals surface area (Å²) < 4.78 is 9.46. The van der Waals surface area contributed by atoms with Crippen LogP contribution in [0.4, 0.5) is 0 Å². The fraction of sp³-hybridized carbons (Fsp3) is 0.104. The molecule has 24 aromatic rings. The molecule has 4 nitrogen and oxygen atoms in total. The summed E-state index contributed by atoms with van der Waals surface area (Å²) in [5, 5.41) is 10.7. The standard InChI is InChI=1S/2C27H22.4C20H17N/c1-19-11-15-21(16-12-19)27(22-17-13-20(2)14-18-22)25-9-5-3-7-23(25)24-8-4-6-10-26(24)27;1-19-17-18-20(2)26-25(19)23-15-9-10-16-24(23)27(26,21-11-5-3-6-12-21)22-13-7-4-8-14-22;1-14-8-7-13-18-19(14)17-12-6-9-15(2)20(17)21(18)16-10-4-3-5-11-16;1-14-8-6-12-17-19(14)20-15(2)9-7-13-18(20)21(17)16-10-4-3-5-11-16;1-14-8-10-19-17(12-14)18-13-15(2)9-11-20(18)21(19)16-6-4-3-5-7-16;1-14-8-10-17-18-11-9-15(2)13-20(18)21(19(17)12-14)16-6-4-3-5-7-16/h2*3-18H,1-2H3;4*3-13H,1-2H3. The Kier molecular flexibility index (Phi) is 23.7. The zero-order chi connectivity index (χ0) is 94.5. The van der Waals surface area contributed by atoms with Crippen molar-refractivity contribution < 1.29 is 0 Å². The molecule has 138 heavy (non-hydrogen) atoms. The average Bonchev–Trinajstić information content (AvgIpc) is 1.53. The van der Waals surface area contributed by atoms with Gasteiger partial charge in [-0.1, -0.05) is 380 Å². The van der Waals surface area contributed by atoms with Gasteiger partial charge in [0.1, 0.15) is 0 Å². The van der Waals surface area contributed by atoms with Gasteiger partial charge in [0.15, 0.2) is 0 Å². The number of aryl methyl sites for hydroxylation is 12. The van der Waals surface area contributed by atoms with Crippen molar-refractivity contribution in [3.8, 4) is 45.0 Å². The van der Waals surface area contributed by atoms with E-state index in [9.17, 15) is 0 Å². The number of hydrogen-bond donors (Lipinski definition) is 0. The summed E-state index contributed by atoms with van der Waals surface area (Å²) in [5.41, 5.74) is 46.7. The molecule has 0 spiro atoms. The van der Waals surface area contributed by atoms with Crippen molar-refractivity contribution in [1.82, 2.24) is 18.3 Å². The summed E-state index contributed by atoms with van der Waals surface area (Å²) in [7, 11) is 0. The van der Waals surface area contributed by atoms with Gasteiger partial charge in [-0.05, 0) is 297 Å². The van der Waals surface area contributed by atoms with E-state index in [1.807, 2.05) is 0 Å². The third kappa shape index (κ3) is 15.5. The zero-order valence-corrected chi connectivity index (χ0v) is 80.7. The number of aromatic nitrogens is 4. The molecule has 2 aliphatic carbocycles. The predicted octanol–water partition coefficient (Wildman–Crippen LogP) is 34.9. The van der Waals surface area contributed by atoms with Crippen molar-refractivity contribution in [3.05, 3.63) is 572 Å². The molecule has 0 atom stereocenters. The van der Waals surface area contributed by atoms with Crippen LogP contribution in [0.25, 0.3) is 132 Å². The van der Waals surface area contributed by atoms with Gasteiger partial charge >= 0.3 is 0 Å². The maximum absolute atomic E-state index is 2.38. The Labute approximate surface area is 811 Å². The van der Waals surface area contributed by atoms with Crippen molar-refractivity contribution in [3.63, 3.8) is 0 Å². The lowest BCUT2D eigenvalue weighted by Gasteiger charge is -2.35. The van der Waals surface area contributed by atoms with Crippen LogP contribution in [0.3, 0.4) is 0 Å². The minimum absolute atomic E-state index is 0.269. The van der Waals surface area contributed by atoms with Gasteiger partial charge in [-0.25, -0.2) is 0 Å². The second kappa shape index (κ2) is 37.1. The van der Waals surface area contributed by atoms with Crippen LogP contribution >= 0.6 is 0 Å². The van der Waals surface area contributed by atoms with Crippen molar-refractivity contribution >= 4 is 87.2 Å². The maximum atomic E-state index is 2.38. The monoisotopic (exact) mass is 1780 g/mol. The molecule has 0 aliphatic heterocycles. The SMILES string of the molecule is Cc1ccc(C)c2c1-c1ccccc1C2(c1ccccc1)c1ccccc1.Cc1ccc(C2(c3ccc(C)cc3)c3ccccc3-c3ccccc32)cc1.Cc1ccc2c(c1)c1cc(C)ccc1n2-c1ccccc1.Cc1ccc2c3ccc(C)cc3n(-c3ccccc3)c2c1.Cc1cccc2c1c1c(C)cccc1n2-c1ccccc1.Cc1cccc2c1c1cccc(C)c1n2-c1ccccc1. The molecule has 0 radical (unpaired) electrons. The van der Waals surface area contributed by atoms with Crippen molar-refractivity contribution in [1.29, 1.82) is 0 Å². The van der Waals surface area contributed by atoms with Crippen LogP contribution in [0.5, 0.6) is 0 Å². The molecule has 2 aliphatic rings. The van der Waals surface area contributed by atoms with E-state index in [-0.39, 0.29) is 10.8 Å². The number of rotatable bonds is 8. The summed E-state index contributed by atoms with van der Waals surface area (Å²) in [6, 6.07) is 167. The van der Waals surface area contributed by atoms with E-state index in [0.717, 1.165) is 0 Å². The number of fused-ring (bicyclic) bond motifs is 18. The second-order valence-corrected chi connectivity index (χ2v) is 37.7. The lowest BCUT2D eigenvalue weighted by molar-refractivity contribution is 0.761. The van der Waals surface area contributed by atoms with Crippen molar-refractivity contribution in [2.45, 2.75) is 93.9 Å². The molecule has 26 rings (SSSR count). The molecule has 4 heteroatoms. The number of hydrogen-bond acceptors (Lipinski definition) is 0. The van der Waals surface area contributed by atoms with Crippen LogP contribution < -0.4 is 0 Å². The Hall–Kier alpha value is -16.4. The molecule has 0 bridgehead atoms. The Morgan fingerprint density at radius 2 is 0.478 bits per heavy atom. The largest absolute Gasteiger partial charge is 0.309 e. The van der Waals surface area contributed by atoms with Crippen LogP contribution in [-0.4, -0.2) is 18.3 Å². The molecule has 0 saturated heterocycles. The minimum Gasteiger partial charge on any atom is -0.309 e. The van der Waals surface area contributed by atoms with Crippen molar-refractivity contribution in [2.75, 3.05) is 0 Å². The fourth-order valence-corrected chi connectivity index (χ4v) is 22.4. The van der Waals surface area contributed by atoms with Gasteiger partial charge in [0.2, 0.25) is 0 Å².